The predicted molar refractivity (Wildman–Crippen MR) is 149 cm³/mol. The van der Waals surface area contributed by atoms with E-state index in [0.717, 1.165) is 81.0 Å². The fourth-order valence-electron chi connectivity index (χ4n) is 8.65. The van der Waals surface area contributed by atoms with Crippen molar-refractivity contribution in [2.75, 3.05) is 56.6 Å². The normalized spacial score (nSPS) is 33.9. The molecule has 4 aliphatic heterocycles. The molecule has 9 nitrogen and oxygen atoms in total. The first-order valence-electron chi connectivity index (χ1n) is 15.2. The fraction of sp³-hybridized carbons (Fsp3) is 0.645. The van der Waals surface area contributed by atoms with Crippen molar-refractivity contribution >= 4 is 11.5 Å². The molecule has 3 aliphatic carbocycles. The van der Waals surface area contributed by atoms with Crippen molar-refractivity contribution in [1.29, 1.82) is 5.26 Å². The molecule has 1 aromatic carbocycles. The summed E-state index contributed by atoms with van der Waals surface area (Å²) in [4.78, 5) is 14.5. The summed E-state index contributed by atoms with van der Waals surface area (Å²) in [7, 11) is 0. The topological polar surface area (TPSA) is 110 Å². The van der Waals surface area contributed by atoms with E-state index >= 15 is 0 Å². The number of aromatic nitrogens is 2. The fourth-order valence-corrected chi connectivity index (χ4v) is 8.65. The lowest BCUT2D eigenvalue weighted by Crippen LogP contribution is -2.53. The van der Waals surface area contributed by atoms with E-state index in [2.05, 4.69) is 21.9 Å². The summed E-state index contributed by atoms with van der Waals surface area (Å²) in [6.45, 7) is 5.09. The van der Waals surface area contributed by atoms with Gasteiger partial charge < -0.3 is 24.8 Å². The smallest absolute Gasteiger partial charge is 0.318 e. The molecule has 1 spiro atoms. The Morgan fingerprint density at radius 3 is 2.95 bits per heavy atom. The summed E-state index contributed by atoms with van der Waals surface area (Å²) in [5, 5.41) is 10.2. The van der Waals surface area contributed by atoms with Crippen molar-refractivity contribution in [3.63, 3.8) is 0 Å². The van der Waals surface area contributed by atoms with Gasteiger partial charge >= 0.3 is 6.01 Å². The average molecular weight is 561 g/mol. The monoisotopic (exact) mass is 560 g/mol. The highest BCUT2D eigenvalue weighted by atomic mass is 19.1. The molecule has 41 heavy (non-hydrogen) atoms. The second kappa shape index (κ2) is 9.51. The number of fused-ring (bicyclic) bond motifs is 2. The Bertz CT molecular complexity index is 1420. The number of nitrogens with zero attached hydrogens (tertiary/aromatic N) is 5. The first kappa shape index (κ1) is 25.7. The maximum Gasteiger partial charge on any atom is 0.318 e. The van der Waals surface area contributed by atoms with Crippen LogP contribution in [0.25, 0.3) is 0 Å². The molecule has 1 aromatic heterocycles. The van der Waals surface area contributed by atoms with E-state index in [0.29, 0.717) is 68.3 Å². The molecule has 7 aliphatic rings. The number of nitriles is 1. The summed E-state index contributed by atoms with van der Waals surface area (Å²) in [5.74, 6) is 1.61. The molecule has 10 heteroatoms. The second-order valence-electron chi connectivity index (χ2n) is 12.9. The van der Waals surface area contributed by atoms with E-state index in [9.17, 15) is 9.65 Å². The van der Waals surface area contributed by atoms with E-state index in [1.807, 2.05) is 6.07 Å². The van der Waals surface area contributed by atoms with Gasteiger partial charge in [-0.05, 0) is 62.1 Å². The Morgan fingerprint density at radius 1 is 1.17 bits per heavy atom. The van der Waals surface area contributed by atoms with Crippen molar-refractivity contribution in [3.8, 4) is 12.1 Å². The minimum Gasteiger partial charge on any atom is -0.461 e. The minimum atomic E-state index is -0.813. The van der Waals surface area contributed by atoms with Gasteiger partial charge in [-0.1, -0.05) is 6.07 Å². The van der Waals surface area contributed by atoms with Crippen LogP contribution in [0.4, 0.5) is 15.9 Å². The van der Waals surface area contributed by atoms with Gasteiger partial charge in [0, 0.05) is 55.9 Å². The number of nitrogens with two attached hydrogens (primary N) is 1. The summed E-state index contributed by atoms with van der Waals surface area (Å²) in [5.41, 5.74) is 10.5. The molecule has 2 N–H and O–H groups in total. The zero-order valence-electron chi connectivity index (χ0n) is 23.4. The summed E-state index contributed by atoms with van der Waals surface area (Å²) in [6.07, 6.45) is 5.24. The predicted octanol–water partition coefficient (Wildman–Crippen LogP) is 3.59. The molecule has 4 fully saturated rings. The van der Waals surface area contributed by atoms with Crippen molar-refractivity contribution in [2.24, 2.45) is 5.92 Å². The van der Waals surface area contributed by atoms with Gasteiger partial charge in [-0.15, -0.1) is 0 Å². The van der Waals surface area contributed by atoms with Crippen molar-refractivity contribution in [3.05, 3.63) is 40.1 Å². The van der Waals surface area contributed by atoms with Gasteiger partial charge in [0.25, 0.3) is 0 Å². The molecule has 0 unspecified atom stereocenters. The maximum absolute atomic E-state index is 14.4. The van der Waals surface area contributed by atoms with Crippen LogP contribution in [0.2, 0.25) is 0 Å². The largest absolute Gasteiger partial charge is 0.461 e. The third kappa shape index (κ3) is 3.89. The Hall–Kier alpha value is -3.00. The Kier molecular flexibility index (Phi) is 5.96. The van der Waals surface area contributed by atoms with Crippen molar-refractivity contribution in [1.82, 2.24) is 14.9 Å². The van der Waals surface area contributed by atoms with Crippen LogP contribution in [0.5, 0.6) is 6.01 Å². The van der Waals surface area contributed by atoms with E-state index in [-0.39, 0.29) is 5.54 Å². The number of benzene rings is 1. The van der Waals surface area contributed by atoms with E-state index < -0.39 is 11.8 Å². The van der Waals surface area contributed by atoms with Crippen molar-refractivity contribution < 1.29 is 18.6 Å². The number of ether oxygens (including phenoxy) is 3. The van der Waals surface area contributed by atoms with E-state index in [1.165, 1.54) is 5.56 Å². The maximum atomic E-state index is 14.4. The molecule has 1 saturated carbocycles. The van der Waals surface area contributed by atoms with Crippen LogP contribution in [0, 0.1) is 17.2 Å². The van der Waals surface area contributed by atoms with Crippen LogP contribution in [0.15, 0.2) is 12.1 Å². The number of rotatable bonds is 4. The Balaban J connectivity index is 1.19. The minimum absolute atomic E-state index is 0.276. The third-order valence-electron chi connectivity index (χ3n) is 10.7. The van der Waals surface area contributed by atoms with Gasteiger partial charge in [-0.2, -0.15) is 15.2 Å². The highest BCUT2D eigenvalue weighted by molar-refractivity contribution is 5.65. The van der Waals surface area contributed by atoms with Crippen LogP contribution in [-0.4, -0.2) is 72.6 Å². The lowest BCUT2D eigenvalue weighted by molar-refractivity contribution is -0.151. The van der Waals surface area contributed by atoms with Gasteiger partial charge in [0.15, 0.2) is 0 Å². The second-order valence-corrected chi connectivity index (χ2v) is 12.9. The van der Waals surface area contributed by atoms with Gasteiger partial charge in [0.1, 0.15) is 30.3 Å². The van der Waals surface area contributed by atoms with Crippen LogP contribution in [0.1, 0.15) is 72.4 Å². The zero-order valence-corrected chi connectivity index (χ0v) is 23.4. The number of hydrogen-bond donors (Lipinski definition) is 1. The molecular weight excluding hydrogens is 523 g/mol. The van der Waals surface area contributed by atoms with Crippen LogP contribution < -0.4 is 15.4 Å². The average Bonchev–Trinajstić information content (AvgIpc) is 3.32. The first-order chi connectivity index (χ1) is 20.0. The highest BCUT2D eigenvalue weighted by Crippen LogP contribution is 2.62. The third-order valence-corrected chi connectivity index (χ3v) is 10.7. The van der Waals surface area contributed by atoms with Gasteiger partial charge in [-0.3, -0.25) is 4.90 Å². The number of hydrogen-bond acceptors (Lipinski definition) is 9. The van der Waals surface area contributed by atoms with Crippen LogP contribution in [0.3, 0.4) is 0 Å². The van der Waals surface area contributed by atoms with Crippen LogP contribution in [-0.2, 0) is 28.1 Å². The molecule has 0 radical (unpaired) electrons. The molecule has 2 aromatic rings. The van der Waals surface area contributed by atoms with Crippen molar-refractivity contribution in [2.45, 2.75) is 74.8 Å². The lowest BCUT2D eigenvalue weighted by atomic mass is 9.53. The highest BCUT2D eigenvalue weighted by Gasteiger charge is 2.58. The number of alkyl halides is 1. The molecule has 3 atom stereocenters. The summed E-state index contributed by atoms with van der Waals surface area (Å²) in [6, 6.07) is 6.70. The standard InChI is InChI=1S/C31H37FN6O3/c32-21-13-30(5-1-7-38(30)16-21)18-40-29-35-26-14-31(41-17-24(26)28(36-29)37-6-2-9-39-10-8-37)20-11-19(12-20)22-3-4-25(34)23(15-33)27(22)31/h3-4,19-21H,1-2,5-14,16-18,34H2/t19?,20?,21-,30+,31+/m1/s1. The molecular formula is C31H37FN6O3. The SMILES string of the molecule is N#Cc1c(N)ccc2c1[C@]1(Cc3nc(OC[C@@]45CCCN4C[C@H](F)C5)nc(N4CCCOCC4)c3CO1)C1CC2C1. The molecule has 2 bridgehead atoms. The molecule has 5 heterocycles. The lowest BCUT2D eigenvalue weighted by Gasteiger charge is -2.57. The number of nitrogen functional groups attached to an aromatic ring is 1. The quantitative estimate of drug-likeness (QED) is 0.561. The molecule has 3 saturated heterocycles. The molecule has 216 valence electrons. The van der Waals surface area contributed by atoms with Crippen LogP contribution >= 0.6 is 0 Å². The Morgan fingerprint density at radius 2 is 2.07 bits per heavy atom. The van der Waals surface area contributed by atoms with E-state index in [1.54, 1.807) is 0 Å². The van der Waals surface area contributed by atoms with Gasteiger partial charge in [0.2, 0.25) is 0 Å². The summed E-state index contributed by atoms with van der Waals surface area (Å²) >= 11 is 0. The van der Waals surface area contributed by atoms with E-state index in [4.69, 9.17) is 29.9 Å². The zero-order chi connectivity index (χ0) is 27.8. The summed E-state index contributed by atoms with van der Waals surface area (Å²) < 4.78 is 33.5. The van der Waals surface area contributed by atoms with Gasteiger partial charge in [0.05, 0.1) is 30.0 Å². The first-order valence-corrected chi connectivity index (χ1v) is 15.2. The molecule has 9 rings (SSSR count). The van der Waals surface area contributed by atoms with Gasteiger partial charge in [-0.25, -0.2) is 4.39 Å². The number of halogens is 1. The number of anilines is 2. The molecule has 0 amide bonds. The Labute approximate surface area is 239 Å².